The van der Waals surface area contributed by atoms with Crippen LogP contribution in [0.1, 0.15) is 45.4 Å². The smallest absolute Gasteiger partial charge is 0.146 e. The van der Waals surface area contributed by atoms with E-state index in [1.807, 2.05) is 6.92 Å². The summed E-state index contributed by atoms with van der Waals surface area (Å²) in [6, 6.07) is 0. The molecule has 0 aromatic heterocycles. The summed E-state index contributed by atoms with van der Waals surface area (Å²) >= 11 is 5.60. The van der Waals surface area contributed by atoms with Gasteiger partial charge in [-0.15, -0.1) is 11.6 Å². The molecule has 0 amide bonds. The second kappa shape index (κ2) is 14.9. The molecule has 96 valence electrons. The number of allylic oxidation sites excluding steroid dienone is 1. The Balaban J connectivity index is 2.98. The Labute approximate surface area is 105 Å². The van der Waals surface area contributed by atoms with Gasteiger partial charge in [0.05, 0.1) is 6.61 Å². The maximum atomic E-state index is 5.60. The average molecular weight is 249 g/mol. The SMILES string of the molecule is CCOCOCCC=CCCCCCCCl. The van der Waals surface area contributed by atoms with E-state index in [9.17, 15) is 0 Å². The molecule has 0 unspecified atom stereocenters. The molecule has 16 heavy (non-hydrogen) atoms. The van der Waals surface area contributed by atoms with Crippen LogP contribution < -0.4 is 0 Å². The number of unbranched alkanes of at least 4 members (excludes halogenated alkanes) is 4. The first-order chi connectivity index (χ1) is 7.91. The third-order valence-corrected chi connectivity index (χ3v) is 2.49. The van der Waals surface area contributed by atoms with E-state index in [4.69, 9.17) is 21.1 Å². The van der Waals surface area contributed by atoms with E-state index >= 15 is 0 Å². The third kappa shape index (κ3) is 13.9. The van der Waals surface area contributed by atoms with Crippen LogP contribution in [0.3, 0.4) is 0 Å². The van der Waals surface area contributed by atoms with Crippen LogP contribution >= 0.6 is 11.6 Å². The highest BCUT2D eigenvalue weighted by Crippen LogP contribution is 2.04. The minimum Gasteiger partial charge on any atom is -0.356 e. The van der Waals surface area contributed by atoms with Crippen molar-refractivity contribution in [1.29, 1.82) is 0 Å². The highest BCUT2D eigenvalue weighted by molar-refractivity contribution is 6.17. The molecule has 0 saturated carbocycles. The highest BCUT2D eigenvalue weighted by atomic mass is 35.5. The predicted octanol–water partition coefficient (Wildman–Crippen LogP) is 4.13. The summed E-state index contributed by atoms with van der Waals surface area (Å²) in [6.45, 7) is 3.86. The summed E-state index contributed by atoms with van der Waals surface area (Å²) in [5.74, 6) is 0.799. The molecule has 0 fully saturated rings. The van der Waals surface area contributed by atoms with Gasteiger partial charge < -0.3 is 9.47 Å². The Bertz CT molecular complexity index is 133. The average Bonchev–Trinajstić information content (AvgIpc) is 2.31. The van der Waals surface area contributed by atoms with Crippen molar-refractivity contribution >= 4 is 11.6 Å². The summed E-state index contributed by atoms with van der Waals surface area (Å²) in [4.78, 5) is 0. The molecule has 0 aromatic carbocycles. The second-order valence-electron chi connectivity index (χ2n) is 3.67. The molecule has 0 rings (SSSR count). The first-order valence-electron chi connectivity index (χ1n) is 6.28. The lowest BCUT2D eigenvalue weighted by atomic mass is 10.1. The van der Waals surface area contributed by atoms with Crippen molar-refractivity contribution < 1.29 is 9.47 Å². The van der Waals surface area contributed by atoms with E-state index in [1.54, 1.807) is 0 Å². The molecule has 3 heteroatoms. The van der Waals surface area contributed by atoms with Crippen molar-refractivity contribution in [3.63, 3.8) is 0 Å². The van der Waals surface area contributed by atoms with Crippen LogP contribution in [0, 0.1) is 0 Å². The predicted molar refractivity (Wildman–Crippen MR) is 70.0 cm³/mol. The van der Waals surface area contributed by atoms with Gasteiger partial charge in [0.25, 0.3) is 0 Å². The summed E-state index contributed by atoms with van der Waals surface area (Å²) in [5.41, 5.74) is 0. The van der Waals surface area contributed by atoms with Crippen LogP contribution in [0.25, 0.3) is 0 Å². The molecule has 0 aliphatic rings. The molecule has 0 heterocycles. The van der Waals surface area contributed by atoms with Crippen molar-refractivity contribution in [3.8, 4) is 0 Å². The van der Waals surface area contributed by atoms with Crippen molar-refractivity contribution in [2.45, 2.75) is 45.4 Å². The summed E-state index contributed by atoms with van der Waals surface area (Å²) in [7, 11) is 0. The Hall–Kier alpha value is -0.0500. The molecule has 0 aromatic rings. The van der Waals surface area contributed by atoms with Gasteiger partial charge in [-0.05, 0) is 32.6 Å². The van der Waals surface area contributed by atoms with Gasteiger partial charge in [0.2, 0.25) is 0 Å². The van der Waals surface area contributed by atoms with E-state index in [-0.39, 0.29) is 0 Å². The molecule has 0 aliphatic heterocycles. The fourth-order valence-electron chi connectivity index (χ4n) is 1.30. The van der Waals surface area contributed by atoms with Gasteiger partial charge in [-0.25, -0.2) is 0 Å². The topological polar surface area (TPSA) is 18.5 Å². The van der Waals surface area contributed by atoms with Gasteiger partial charge >= 0.3 is 0 Å². The van der Waals surface area contributed by atoms with Gasteiger partial charge in [0, 0.05) is 12.5 Å². The molecule has 0 radical (unpaired) electrons. The molecule has 0 atom stereocenters. The summed E-state index contributed by atoms with van der Waals surface area (Å²) < 4.78 is 10.3. The zero-order valence-electron chi connectivity index (χ0n) is 10.4. The minimum atomic E-state index is 0.419. The van der Waals surface area contributed by atoms with E-state index in [0.717, 1.165) is 31.9 Å². The van der Waals surface area contributed by atoms with Crippen LogP contribution in [-0.4, -0.2) is 25.9 Å². The Morgan fingerprint density at radius 2 is 1.69 bits per heavy atom. The maximum Gasteiger partial charge on any atom is 0.146 e. The first kappa shape index (κ1) is 16.0. The minimum absolute atomic E-state index is 0.419. The van der Waals surface area contributed by atoms with Crippen molar-refractivity contribution in [2.75, 3.05) is 25.9 Å². The fourth-order valence-corrected chi connectivity index (χ4v) is 1.49. The number of halogens is 1. The molecular weight excluding hydrogens is 224 g/mol. The lowest BCUT2D eigenvalue weighted by Crippen LogP contribution is -1.99. The molecule has 0 aliphatic carbocycles. The van der Waals surface area contributed by atoms with Gasteiger partial charge in [-0.2, -0.15) is 0 Å². The van der Waals surface area contributed by atoms with E-state index in [1.165, 1.54) is 25.7 Å². The fraction of sp³-hybridized carbons (Fsp3) is 0.846. The van der Waals surface area contributed by atoms with E-state index in [2.05, 4.69) is 12.2 Å². The Morgan fingerprint density at radius 3 is 2.44 bits per heavy atom. The normalized spacial score (nSPS) is 11.4. The Kier molecular flexibility index (Phi) is 14.9. The standard InChI is InChI=1S/C13H25ClO2/c1-2-15-13-16-12-10-8-6-4-3-5-7-9-11-14/h6,8H,2-5,7,9-13H2,1H3. The molecule has 0 saturated heterocycles. The lowest BCUT2D eigenvalue weighted by Gasteiger charge is -2.01. The van der Waals surface area contributed by atoms with Crippen LogP contribution in [0.15, 0.2) is 12.2 Å². The summed E-state index contributed by atoms with van der Waals surface area (Å²) in [6.07, 6.45) is 11.6. The number of hydrogen-bond acceptors (Lipinski definition) is 2. The van der Waals surface area contributed by atoms with Crippen molar-refractivity contribution in [1.82, 2.24) is 0 Å². The number of hydrogen-bond donors (Lipinski definition) is 0. The lowest BCUT2D eigenvalue weighted by molar-refractivity contribution is -0.0476. The molecular formula is C13H25ClO2. The highest BCUT2D eigenvalue weighted by Gasteiger charge is 1.87. The monoisotopic (exact) mass is 248 g/mol. The zero-order chi connectivity index (χ0) is 11.9. The number of alkyl halides is 1. The van der Waals surface area contributed by atoms with Gasteiger partial charge in [0.1, 0.15) is 6.79 Å². The third-order valence-electron chi connectivity index (χ3n) is 2.22. The summed E-state index contributed by atoms with van der Waals surface area (Å²) in [5, 5.41) is 0. The quantitative estimate of drug-likeness (QED) is 0.224. The number of ether oxygens (including phenoxy) is 2. The van der Waals surface area contributed by atoms with Gasteiger partial charge in [-0.3, -0.25) is 0 Å². The van der Waals surface area contributed by atoms with E-state index in [0.29, 0.717) is 6.79 Å². The van der Waals surface area contributed by atoms with Crippen molar-refractivity contribution in [3.05, 3.63) is 12.2 Å². The van der Waals surface area contributed by atoms with Crippen LogP contribution in [-0.2, 0) is 9.47 Å². The van der Waals surface area contributed by atoms with Crippen molar-refractivity contribution in [2.24, 2.45) is 0 Å². The second-order valence-corrected chi connectivity index (χ2v) is 4.05. The van der Waals surface area contributed by atoms with Crippen LogP contribution in [0.4, 0.5) is 0 Å². The zero-order valence-corrected chi connectivity index (χ0v) is 11.2. The van der Waals surface area contributed by atoms with Crippen LogP contribution in [0.5, 0.6) is 0 Å². The molecule has 0 N–H and O–H groups in total. The first-order valence-corrected chi connectivity index (χ1v) is 6.81. The molecule has 2 nitrogen and oxygen atoms in total. The Morgan fingerprint density at radius 1 is 0.938 bits per heavy atom. The molecule has 0 spiro atoms. The largest absolute Gasteiger partial charge is 0.356 e. The van der Waals surface area contributed by atoms with Gasteiger partial charge in [-0.1, -0.05) is 25.0 Å². The number of rotatable bonds is 12. The maximum absolute atomic E-state index is 5.60. The molecule has 0 bridgehead atoms. The van der Waals surface area contributed by atoms with E-state index < -0.39 is 0 Å². The van der Waals surface area contributed by atoms with Crippen LogP contribution in [0.2, 0.25) is 0 Å². The van der Waals surface area contributed by atoms with Gasteiger partial charge in [0.15, 0.2) is 0 Å².